The van der Waals surface area contributed by atoms with Crippen LogP contribution in [0.3, 0.4) is 0 Å². The molecule has 1 aromatic carbocycles. The first-order valence-electron chi connectivity index (χ1n) is 5.35. The fourth-order valence-electron chi connectivity index (χ4n) is 1.27. The number of hydrazine groups is 1. The lowest BCUT2D eigenvalue weighted by atomic mass is 10.1. The molecule has 0 heterocycles. The van der Waals surface area contributed by atoms with Crippen LogP contribution in [0.5, 0.6) is 0 Å². The predicted octanol–water partition coefficient (Wildman–Crippen LogP) is 0.770. The van der Waals surface area contributed by atoms with Crippen LogP contribution in [0.15, 0.2) is 36.9 Å². The lowest BCUT2D eigenvalue weighted by molar-refractivity contribution is -0.500. The Morgan fingerprint density at radius 1 is 1.37 bits per heavy atom. The highest BCUT2D eigenvalue weighted by atomic mass is 32.1. The number of nitrogens with one attached hydrogen (secondary N) is 3. The van der Waals surface area contributed by atoms with E-state index in [4.69, 9.17) is 12.2 Å². The van der Waals surface area contributed by atoms with Gasteiger partial charge in [0.25, 0.3) is 0 Å². The van der Waals surface area contributed by atoms with E-state index < -0.39 is 11.7 Å². The van der Waals surface area contributed by atoms with Crippen molar-refractivity contribution < 1.29 is 18.3 Å². The molecule has 0 fully saturated rings. The summed E-state index contributed by atoms with van der Waals surface area (Å²) in [6.45, 7) is 3.96. The van der Waals surface area contributed by atoms with Gasteiger partial charge in [-0.3, -0.25) is 0 Å². The second kappa shape index (κ2) is 6.89. The summed E-state index contributed by atoms with van der Waals surface area (Å²) in [5.41, 5.74) is 1.85. The molecular formula is C12H13F3N3S+. The Bertz CT molecular complexity index is 483. The van der Waals surface area contributed by atoms with Gasteiger partial charge in [-0.1, -0.05) is 18.2 Å². The smallest absolute Gasteiger partial charge is 0.355 e. The lowest BCUT2D eigenvalue weighted by Crippen LogP contribution is -2.82. The van der Waals surface area contributed by atoms with Crippen LogP contribution < -0.4 is 15.8 Å². The number of alkyl halides is 3. The van der Waals surface area contributed by atoms with E-state index in [0.29, 0.717) is 6.54 Å². The standard InChI is InChI=1S/C12H12F3N3S/c1-2-7-16-11(19)18-17-8-9-5-3-4-6-10(9)12(13,14)15/h2-6,8H,1,7H2,(H2,16,18,19)/p+1. The highest BCUT2D eigenvalue weighted by Gasteiger charge is 2.33. The van der Waals surface area contributed by atoms with Crippen molar-refractivity contribution in [2.45, 2.75) is 6.18 Å². The minimum Gasteiger partial charge on any atom is -0.355 e. The van der Waals surface area contributed by atoms with E-state index in [9.17, 15) is 13.2 Å². The number of benzene rings is 1. The molecule has 0 aromatic heterocycles. The SMILES string of the molecule is C=CCNC(=S)N[NH+]=Cc1ccccc1C(F)(F)F. The van der Waals surface area contributed by atoms with Gasteiger partial charge >= 0.3 is 6.18 Å². The number of hydrogen-bond donors (Lipinski definition) is 3. The molecule has 1 rings (SSSR count). The van der Waals surface area contributed by atoms with Crippen molar-refractivity contribution in [2.75, 3.05) is 6.54 Å². The number of rotatable bonds is 4. The van der Waals surface area contributed by atoms with Crippen molar-refractivity contribution in [1.82, 2.24) is 10.7 Å². The molecule has 3 N–H and O–H groups in total. The Hall–Kier alpha value is -1.89. The molecule has 0 amide bonds. The average molecular weight is 288 g/mol. The number of hydrogen-bond acceptors (Lipinski definition) is 1. The van der Waals surface area contributed by atoms with Crippen molar-refractivity contribution >= 4 is 23.5 Å². The minimum absolute atomic E-state index is 0.0222. The number of hydrazone groups is 1. The molecular weight excluding hydrogens is 275 g/mol. The molecule has 0 saturated heterocycles. The minimum atomic E-state index is -4.39. The number of halogens is 3. The molecule has 0 bridgehead atoms. The summed E-state index contributed by atoms with van der Waals surface area (Å²) in [5.74, 6) is 0. The molecule has 0 radical (unpaired) electrons. The Morgan fingerprint density at radius 2 is 2.05 bits per heavy atom. The third kappa shape index (κ3) is 5.09. The van der Waals surface area contributed by atoms with Gasteiger partial charge in [-0.25, -0.2) is 0 Å². The first-order chi connectivity index (χ1) is 8.95. The van der Waals surface area contributed by atoms with Crippen molar-refractivity contribution in [1.29, 1.82) is 0 Å². The normalized spacial score (nSPS) is 11.3. The lowest BCUT2D eigenvalue weighted by Gasteiger charge is -2.07. The van der Waals surface area contributed by atoms with Crippen LogP contribution in [0.4, 0.5) is 13.2 Å². The van der Waals surface area contributed by atoms with Crippen LogP contribution >= 0.6 is 12.2 Å². The second-order valence-corrected chi connectivity index (χ2v) is 3.91. The molecule has 0 aliphatic rings. The Labute approximate surface area is 114 Å². The Morgan fingerprint density at radius 3 is 2.68 bits per heavy atom. The summed E-state index contributed by atoms with van der Waals surface area (Å²) in [6.07, 6.45) is -1.59. The molecule has 0 atom stereocenters. The van der Waals surface area contributed by atoms with E-state index in [0.717, 1.165) is 6.07 Å². The van der Waals surface area contributed by atoms with Crippen LogP contribution in [-0.2, 0) is 6.18 Å². The van der Waals surface area contributed by atoms with Crippen molar-refractivity contribution in [3.63, 3.8) is 0 Å². The molecule has 1 aromatic rings. The van der Waals surface area contributed by atoms with E-state index in [1.165, 1.54) is 24.4 Å². The van der Waals surface area contributed by atoms with Gasteiger partial charge < -0.3 is 5.32 Å². The molecule has 0 unspecified atom stereocenters. The summed E-state index contributed by atoms with van der Waals surface area (Å²) in [4.78, 5) is 0. The zero-order chi connectivity index (χ0) is 14.3. The topological polar surface area (TPSA) is 38.0 Å². The van der Waals surface area contributed by atoms with Gasteiger partial charge in [-0.15, -0.1) is 17.1 Å². The average Bonchev–Trinajstić information content (AvgIpc) is 2.35. The Balaban J connectivity index is 2.72. The third-order valence-electron chi connectivity index (χ3n) is 2.09. The molecule has 0 spiro atoms. The predicted molar refractivity (Wildman–Crippen MR) is 71.5 cm³/mol. The van der Waals surface area contributed by atoms with Crippen LogP contribution in [0, 0.1) is 0 Å². The molecule has 0 saturated carbocycles. The van der Waals surface area contributed by atoms with Gasteiger partial charge in [0.15, 0.2) is 6.21 Å². The monoisotopic (exact) mass is 288 g/mol. The molecule has 7 heteroatoms. The van der Waals surface area contributed by atoms with Crippen LogP contribution in [0.1, 0.15) is 11.1 Å². The van der Waals surface area contributed by atoms with Gasteiger partial charge in [-0.05, 0) is 24.4 Å². The molecule has 19 heavy (non-hydrogen) atoms. The molecule has 0 aliphatic carbocycles. The maximum absolute atomic E-state index is 12.7. The van der Waals surface area contributed by atoms with Gasteiger partial charge in [0.1, 0.15) is 0 Å². The third-order valence-corrected chi connectivity index (χ3v) is 2.33. The van der Waals surface area contributed by atoms with Crippen LogP contribution in [-0.4, -0.2) is 17.9 Å². The van der Waals surface area contributed by atoms with Crippen molar-refractivity contribution in [3.05, 3.63) is 48.0 Å². The summed E-state index contributed by atoms with van der Waals surface area (Å²) in [5, 5.41) is 5.54. The first-order valence-corrected chi connectivity index (χ1v) is 5.75. The maximum atomic E-state index is 12.7. The highest BCUT2D eigenvalue weighted by Crippen LogP contribution is 2.30. The maximum Gasteiger partial charge on any atom is 0.417 e. The Kier molecular flexibility index (Phi) is 5.50. The summed E-state index contributed by atoms with van der Waals surface area (Å²) in [7, 11) is 0. The summed E-state index contributed by atoms with van der Waals surface area (Å²) >= 11 is 4.87. The fourth-order valence-corrected chi connectivity index (χ4v) is 1.41. The van der Waals surface area contributed by atoms with Crippen LogP contribution in [0.2, 0.25) is 0 Å². The molecule has 0 aliphatic heterocycles. The molecule has 3 nitrogen and oxygen atoms in total. The zero-order valence-corrected chi connectivity index (χ0v) is 10.7. The van der Waals surface area contributed by atoms with E-state index in [-0.39, 0.29) is 10.7 Å². The van der Waals surface area contributed by atoms with E-state index in [2.05, 4.69) is 22.4 Å². The quantitative estimate of drug-likeness (QED) is 0.332. The summed E-state index contributed by atoms with van der Waals surface area (Å²) in [6, 6.07) is 5.24. The van der Waals surface area contributed by atoms with Crippen molar-refractivity contribution in [3.8, 4) is 0 Å². The van der Waals surface area contributed by atoms with Crippen LogP contribution in [0.25, 0.3) is 0 Å². The number of thiocarbonyl (C=S) groups is 1. The highest BCUT2D eigenvalue weighted by molar-refractivity contribution is 7.80. The molecule has 102 valence electrons. The van der Waals surface area contributed by atoms with Crippen molar-refractivity contribution in [2.24, 2.45) is 0 Å². The fraction of sp³-hybridized carbons (Fsp3) is 0.167. The zero-order valence-electron chi connectivity index (χ0n) is 9.92. The van der Waals surface area contributed by atoms with E-state index in [1.807, 2.05) is 0 Å². The van der Waals surface area contributed by atoms with Gasteiger partial charge in [-0.2, -0.15) is 13.2 Å². The van der Waals surface area contributed by atoms with Gasteiger partial charge in [0.05, 0.1) is 11.1 Å². The van der Waals surface area contributed by atoms with E-state index >= 15 is 0 Å². The van der Waals surface area contributed by atoms with Gasteiger partial charge in [0.2, 0.25) is 5.11 Å². The van der Waals surface area contributed by atoms with Gasteiger partial charge in [0, 0.05) is 6.54 Å². The second-order valence-electron chi connectivity index (χ2n) is 3.50. The largest absolute Gasteiger partial charge is 0.417 e. The first kappa shape index (κ1) is 15.2. The van der Waals surface area contributed by atoms with E-state index in [1.54, 1.807) is 6.08 Å². The summed E-state index contributed by atoms with van der Waals surface area (Å²) < 4.78 is 38.1.